The van der Waals surface area contributed by atoms with Crippen LogP contribution in [0.1, 0.15) is 50.7 Å². The van der Waals surface area contributed by atoms with Crippen LogP contribution in [0.4, 0.5) is 0 Å². The molecule has 0 amide bonds. The topological polar surface area (TPSA) is 34.4 Å². The molecule has 1 aromatic rings. The van der Waals surface area contributed by atoms with Gasteiger partial charge in [0.25, 0.3) is 0 Å². The van der Waals surface area contributed by atoms with Gasteiger partial charge < -0.3 is 14.5 Å². The maximum atomic E-state index is 6.32. The van der Waals surface area contributed by atoms with Gasteiger partial charge in [0.15, 0.2) is 0 Å². The molecular formula is C15H23NO2. The quantitative estimate of drug-likeness (QED) is 0.889. The lowest BCUT2D eigenvalue weighted by Gasteiger charge is -2.33. The summed E-state index contributed by atoms with van der Waals surface area (Å²) in [5.41, 5.74) is 0.245. The molecule has 1 N–H and O–H groups in total. The first kappa shape index (κ1) is 12.2. The van der Waals surface area contributed by atoms with E-state index in [-0.39, 0.29) is 5.60 Å². The number of furan rings is 1. The lowest BCUT2D eigenvalue weighted by molar-refractivity contribution is -0.0624. The third-order valence-electron chi connectivity index (χ3n) is 4.35. The SMILES string of the molecule is c1coc(CNCC2CCC3(CCCCC3)O2)c1. The van der Waals surface area contributed by atoms with E-state index in [1.54, 1.807) is 6.26 Å². The minimum atomic E-state index is 0.245. The summed E-state index contributed by atoms with van der Waals surface area (Å²) in [7, 11) is 0. The molecule has 0 radical (unpaired) electrons. The zero-order valence-electron chi connectivity index (χ0n) is 11.0. The molecule has 2 heterocycles. The summed E-state index contributed by atoms with van der Waals surface area (Å²) in [5.74, 6) is 1.00. The van der Waals surface area contributed by atoms with Crippen LogP contribution in [0.2, 0.25) is 0 Å². The van der Waals surface area contributed by atoms with Gasteiger partial charge in [-0.05, 0) is 37.8 Å². The summed E-state index contributed by atoms with van der Waals surface area (Å²) in [6.07, 6.45) is 11.3. The largest absolute Gasteiger partial charge is 0.468 e. The number of nitrogens with one attached hydrogen (secondary N) is 1. The van der Waals surface area contributed by atoms with Crippen molar-refractivity contribution >= 4 is 0 Å². The smallest absolute Gasteiger partial charge is 0.117 e. The predicted octanol–water partition coefficient (Wildman–Crippen LogP) is 3.25. The summed E-state index contributed by atoms with van der Waals surface area (Å²) >= 11 is 0. The van der Waals surface area contributed by atoms with Crippen LogP contribution in [-0.4, -0.2) is 18.2 Å². The van der Waals surface area contributed by atoms with Crippen LogP contribution in [0.5, 0.6) is 0 Å². The van der Waals surface area contributed by atoms with Gasteiger partial charge in [0.1, 0.15) is 5.76 Å². The Kier molecular flexibility index (Phi) is 3.71. The van der Waals surface area contributed by atoms with E-state index >= 15 is 0 Å². The van der Waals surface area contributed by atoms with Crippen molar-refractivity contribution in [3.8, 4) is 0 Å². The van der Waals surface area contributed by atoms with Gasteiger partial charge in [0.2, 0.25) is 0 Å². The maximum Gasteiger partial charge on any atom is 0.117 e. The third-order valence-corrected chi connectivity index (χ3v) is 4.35. The van der Waals surface area contributed by atoms with E-state index < -0.39 is 0 Å². The van der Waals surface area contributed by atoms with Gasteiger partial charge in [-0.1, -0.05) is 19.3 Å². The molecule has 3 heteroatoms. The van der Waals surface area contributed by atoms with Crippen molar-refractivity contribution in [1.82, 2.24) is 5.32 Å². The average Bonchev–Trinajstić information content (AvgIpc) is 3.02. The molecule has 0 bridgehead atoms. The molecule has 0 aromatic carbocycles. The Morgan fingerprint density at radius 1 is 1.22 bits per heavy atom. The van der Waals surface area contributed by atoms with Crippen LogP contribution in [0.15, 0.2) is 22.8 Å². The first-order chi connectivity index (χ1) is 8.86. The van der Waals surface area contributed by atoms with Crippen molar-refractivity contribution in [1.29, 1.82) is 0 Å². The Balaban J connectivity index is 1.42. The highest BCUT2D eigenvalue weighted by Gasteiger charge is 2.40. The lowest BCUT2D eigenvalue weighted by atomic mass is 9.83. The molecule has 2 fully saturated rings. The molecule has 3 nitrogen and oxygen atoms in total. The number of rotatable bonds is 4. The summed E-state index contributed by atoms with van der Waals surface area (Å²) < 4.78 is 11.6. The van der Waals surface area contributed by atoms with Crippen molar-refractivity contribution in [2.24, 2.45) is 0 Å². The molecule has 1 aliphatic heterocycles. The van der Waals surface area contributed by atoms with Gasteiger partial charge in [-0.2, -0.15) is 0 Å². The molecule has 3 rings (SSSR count). The first-order valence-corrected chi connectivity index (χ1v) is 7.27. The van der Waals surface area contributed by atoms with Crippen molar-refractivity contribution in [2.75, 3.05) is 6.54 Å². The number of ether oxygens (including phenoxy) is 1. The normalized spacial score (nSPS) is 26.8. The highest BCUT2D eigenvalue weighted by molar-refractivity contribution is 4.98. The van der Waals surface area contributed by atoms with Crippen LogP contribution in [0.3, 0.4) is 0 Å². The Morgan fingerprint density at radius 2 is 2.11 bits per heavy atom. The van der Waals surface area contributed by atoms with E-state index in [0.717, 1.165) is 18.8 Å². The Morgan fingerprint density at radius 3 is 2.89 bits per heavy atom. The molecular weight excluding hydrogens is 226 g/mol. The van der Waals surface area contributed by atoms with Gasteiger partial charge in [0.05, 0.1) is 24.5 Å². The minimum absolute atomic E-state index is 0.245. The Labute approximate surface area is 109 Å². The lowest BCUT2D eigenvalue weighted by Crippen LogP contribution is -2.34. The number of hydrogen-bond donors (Lipinski definition) is 1. The van der Waals surface area contributed by atoms with Crippen LogP contribution >= 0.6 is 0 Å². The van der Waals surface area contributed by atoms with E-state index in [1.165, 1.54) is 44.9 Å². The van der Waals surface area contributed by atoms with E-state index in [4.69, 9.17) is 9.15 Å². The third kappa shape index (κ3) is 2.78. The van der Waals surface area contributed by atoms with Crippen molar-refractivity contribution in [3.05, 3.63) is 24.2 Å². The fraction of sp³-hybridized carbons (Fsp3) is 0.733. The molecule has 100 valence electrons. The van der Waals surface area contributed by atoms with E-state index in [1.807, 2.05) is 12.1 Å². The monoisotopic (exact) mass is 249 g/mol. The molecule has 1 aliphatic carbocycles. The second-order valence-electron chi connectivity index (χ2n) is 5.73. The predicted molar refractivity (Wildman–Crippen MR) is 70.3 cm³/mol. The van der Waals surface area contributed by atoms with Crippen LogP contribution in [-0.2, 0) is 11.3 Å². The van der Waals surface area contributed by atoms with E-state index in [0.29, 0.717) is 6.10 Å². The van der Waals surface area contributed by atoms with Crippen molar-refractivity contribution in [2.45, 2.75) is 63.2 Å². The van der Waals surface area contributed by atoms with Crippen molar-refractivity contribution in [3.63, 3.8) is 0 Å². The molecule has 1 saturated carbocycles. The molecule has 2 aliphatic rings. The zero-order chi connectivity index (χ0) is 12.3. The Hall–Kier alpha value is -0.800. The average molecular weight is 249 g/mol. The summed E-state index contributed by atoms with van der Waals surface area (Å²) in [5, 5.41) is 3.43. The van der Waals surface area contributed by atoms with Crippen LogP contribution in [0.25, 0.3) is 0 Å². The molecule has 18 heavy (non-hydrogen) atoms. The van der Waals surface area contributed by atoms with Gasteiger partial charge >= 0.3 is 0 Å². The van der Waals surface area contributed by atoms with Gasteiger partial charge in [-0.3, -0.25) is 0 Å². The highest BCUT2D eigenvalue weighted by Crippen LogP contribution is 2.41. The fourth-order valence-corrected chi connectivity index (χ4v) is 3.37. The fourth-order valence-electron chi connectivity index (χ4n) is 3.37. The first-order valence-electron chi connectivity index (χ1n) is 7.27. The second-order valence-corrected chi connectivity index (χ2v) is 5.73. The van der Waals surface area contributed by atoms with Gasteiger partial charge in [-0.25, -0.2) is 0 Å². The maximum absolute atomic E-state index is 6.32. The molecule has 1 saturated heterocycles. The molecule has 1 spiro atoms. The Bertz CT molecular complexity index is 355. The highest BCUT2D eigenvalue weighted by atomic mass is 16.5. The van der Waals surface area contributed by atoms with Crippen LogP contribution in [0, 0.1) is 0 Å². The molecule has 1 atom stereocenters. The zero-order valence-corrected chi connectivity index (χ0v) is 11.0. The van der Waals surface area contributed by atoms with Crippen LogP contribution < -0.4 is 5.32 Å². The molecule has 1 aromatic heterocycles. The standard InChI is InChI=1S/C15H23NO2/c1-2-7-15(8-3-1)9-6-14(18-15)12-16-11-13-5-4-10-17-13/h4-5,10,14,16H,1-3,6-9,11-12H2. The van der Waals surface area contributed by atoms with Crippen molar-refractivity contribution < 1.29 is 9.15 Å². The summed E-state index contributed by atoms with van der Waals surface area (Å²) in [6.45, 7) is 1.75. The summed E-state index contributed by atoms with van der Waals surface area (Å²) in [4.78, 5) is 0. The van der Waals surface area contributed by atoms with E-state index in [2.05, 4.69) is 5.32 Å². The minimum Gasteiger partial charge on any atom is -0.468 e. The molecule has 1 unspecified atom stereocenters. The second kappa shape index (κ2) is 5.45. The summed E-state index contributed by atoms with van der Waals surface area (Å²) in [6, 6.07) is 3.94. The van der Waals surface area contributed by atoms with E-state index in [9.17, 15) is 0 Å². The van der Waals surface area contributed by atoms with Gasteiger partial charge in [0, 0.05) is 6.54 Å². The number of hydrogen-bond acceptors (Lipinski definition) is 3. The van der Waals surface area contributed by atoms with Gasteiger partial charge in [-0.15, -0.1) is 0 Å².